The summed E-state index contributed by atoms with van der Waals surface area (Å²) >= 11 is 6.60. The highest BCUT2D eigenvalue weighted by molar-refractivity contribution is 9.10. The molecule has 0 fully saturated rings. The Kier molecular flexibility index (Phi) is 5.22. The van der Waals surface area contributed by atoms with Crippen molar-refractivity contribution in [3.63, 3.8) is 0 Å². The minimum Gasteiger partial charge on any atom is -0.348 e. The minimum absolute atomic E-state index is 0.0800. The second-order valence-corrected chi connectivity index (χ2v) is 8.80. The molecule has 0 N–H and O–H groups in total. The molecule has 0 unspecified atom stereocenters. The molecule has 0 spiro atoms. The second-order valence-electron chi connectivity index (χ2n) is 5.50. The molecule has 1 atom stereocenters. The van der Waals surface area contributed by atoms with Gasteiger partial charge in [0.25, 0.3) is 0 Å². The van der Waals surface area contributed by atoms with Gasteiger partial charge in [0.05, 0.1) is 15.5 Å². The van der Waals surface area contributed by atoms with Crippen LogP contribution in [0, 0.1) is 0 Å². The Hall–Kier alpha value is -1.44. The van der Waals surface area contributed by atoms with Gasteiger partial charge in [0, 0.05) is 23.4 Å². The third-order valence-corrected chi connectivity index (χ3v) is 6.41. The number of fused-ring (bicyclic) bond motifs is 1. The van der Waals surface area contributed by atoms with Gasteiger partial charge in [0.2, 0.25) is 5.91 Å². The number of rotatable bonds is 4. The predicted molar refractivity (Wildman–Crippen MR) is 105 cm³/mol. The molecule has 24 heavy (non-hydrogen) atoms. The summed E-state index contributed by atoms with van der Waals surface area (Å²) in [4.78, 5) is 23.6. The molecule has 7 heteroatoms. The monoisotopic (exact) mass is 421 g/mol. The first-order valence-corrected chi connectivity index (χ1v) is 9.83. The molecule has 1 amide bonds. The fraction of sp³-hybridized carbons (Fsp3) is 0.235. The number of amides is 1. The van der Waals surface area contributed by atoms with Crippen LogP contribution in [0.5, 0.6) is 0 Å². The summed E-state index contributed by atoms with van der Waals surface area (Å²) in [6.07, 6.45) is 1.57. The van der Waals surface area contributed by atoms with Crippen molar-refractivity contribution in [1.82, 2.24) is 14.9 Å². The molecule has 1 aromatic carbocycles. The summed E-state index contributed by atoms with van der Waals surface area (Å²) in [7, 11) is 3.54. The highest BCUT2D eigenvalue weighted by atomic mass is 79.9. The number of aromatic nitrogens is 2. The molecule has 0 saturated carbocycles. The van der Waals surface area contributed by atoms with Crippen LogP contribution in [0.15, 0.2) is 46.2 Å². The first-order chi connectivity index (χ1) is 11.5. The minimum atomic E-state index is -0.184. The molecule has 0 aliphatic rings. The van der Waals surface area contributed by atoms with Gasteiger partial charge < -0.3 is 4.90 Å². The topological polar surface area (TPSA) is 46.1 Å². The van der Waals surface area contributed by atoms with E-state index in [1.165, 1.54) is 11.8 Å². The largest absolute Gasteiger partial charge is 0.348 e. The fourth-order valence-corrected chi connectivity index (χ4v) is 4.75. The van der Waals surface area contributed by atoms with Gasteiger partial charge in [-0.1, -0.05) is 39.8 Å². The van der Waals surface area contributed by atoms with Gasteiger partial charge in [0.15, 0.2) is 0 Å². The van der Waals surface area contributed by atoms with E-state index in [4.69, 9.17) is 0 Å². The summed E-state index contributed by atoms with van der Waals surface area (Å²) < 4.78 is 2.08. The average molecular weight is 422 g/mol. The maximum atomic E-state index is 12.1. The zero-order valence-corrected chi connectivity index (χ0v) is 16.7. The summed E-state index contributed by atoms with van der Waals surface area (Å²) in [6.45, 7) is 1.91. The number of carbonyl (C=O) groups excluding carboxylic acids is 1. The van der Waals surface area contributed by atoms with Crippen LogP contribution in [0.4, 0.5) is 0 Å². The zero-order valence-electron chi connectivity index (χ0n) is 13.5. The van der Waals surface area contributed by atoms with Crippen molar-refractivity contribution in [3.8, 4) is 10.4 Å². The number of thioether (sulfide) groups is 1. The van der Waals surface area contributed by atoms with E-state index in [2.05, 4.69) is 44.1 Å². The Balaban J connectivity index is 1.95. The van der Waals surface area contributed by atoms with Crippen LogP contribution in [0.3, 0.4) is 0 Å². The lowest BCUT2D eigenvalue weighted by molar-refractivity contribution is -0.127. The highest BCUT2D eigenvalue weighted by Gasteiger charge is 2.19. The molecular formula is C17H16BrN3OS2. The SMILES string of the molecule is C[C@H](Sc1ncnc2cc(-c3ccc(Br)cc3)sc12)C(=O)N(C)C. The van der Waals surface area contributed by atoms with Crippen molar-refractivity contribution in [2.45, 2.75) is 17.2 Å². The van der Waals surface area contributed by atoms with Gasteiger partial charge in [-0.05, 0) is 30.7 Å². The van der Waals surface area contributed by atoms with E-state index in [1.807, 2.05) is 19.1 Å². The lowest BCUT2D eigenvalue weighted by Gasteiger charge is -2.15. The van der Waals surface area contributed by atoms with Crippen molar-refractivity contribution < 1.29 is 4.79 Å². The number of hydrogen-bond acceptors (Lipinski definition) is 5. The van der Waals surface area contributed by atoms with Crippen LogP contribution in [0.1, 0.15) is 6.92 Å². The summed E-state index contributed by atoms with van der Waals surface area (Å²) in [5.41, 5.74) is 2.06. The van der Waals surface area contributed by atoms with Crippen molar-refractivity contribution in [2.24, 2.45) is 0 Å². The van der Waals surface area contributed by atoms with E-state index in [9.17, 15) is 4.79 Å². The molecule has 124 valence electrons. The Bertz CT molecular complexity index is 877. The molecule has 0 radical (unpaired) electrons. The molecule has 2 heterocycles. The molecule has 0 aliphatic heterocycles. The first kappa shape index (κ1) is 17.4. The number of halogens is 1. The third kappa shape index (κ3) is 3.63. The summed E-state index contributed by atoms with van der Waals surface area (Å²) in [6, 6.07) is 10.3. The van der Waals surface area contributed by atoms with Crippen LogP contribution < -0.4 is 0 Å². The third-order valence-electron chi connectivity index (χ3n) is 3.48. The first-order valence-electron chi connectivity index (χ1n) is 7.34. The van der Waals surface area contributed by atoms with E-state index in [0.717, 1.165) is 30.2 Å². The zero-order chi connectivity index (χ0) is 17.3. The van der Waals surface area contributed by atoms with Gasteiger partial charge in [-0.3, -0.25) is 4.79 Å². The molecular weight excluding hydrogens is 406 g/mol. The van der Waals surface area contributed by atoms with E-state index < -0.39 is 0 Å². The molecule has 3 rings (SSSR count). The number of hydrogen-bond donors (Lipinski definition) is 0. The van der Waals surface area contributed by atoms with Crippen LogP contribution in [-0.2, 0) is 4.79 Å². The molecule has 3 aromatic rings. The molecule has 0 aliphatic carbocycles. The lowest BCUT2D eigenvalue weighted by atomic mass is 10.2. The quantitative estimate of drug-likeness (QED) is 0.452. The molecule has 2 aromatic heterocycles. The second kappa shape index (κ2) is 7.21. The van der Waals surface area contributed by atoms with Crippen LogP contribution >= 0.6 is 39.0 Å². The van der Waals surface area contributed by atoms with E-state index >= 15 is 0 Å². The van der Waals surface area contributed by atoms with Gasteiger partial charge >= 0.3 is 0 Å². The number of benzene rings is 1. The maximum Gasteiger partial charge on any atom is 0.235 e. The summed E-state index contributed by atoms with van der Waals surface area (Å²) in [5, 5.41) is 0.674. The Morgan fingerprint density at radius 1 is 1.25 bits per heavy atom. The Morgan fingerprint density at radius 3 is 2.62 bits per heavy atom. The van der Waals surface area contributed by atoms with Crippen molar-refractivity contribution >= 4 is 55.2 Å². The van der Waals surface area contributed by atoms with Crippen LogP contribution in [0.25, 0.3) is 20.7 Å². The van der Waals surface area contributed by atoms with Crippen LogP contribution in [0.2, 0.25) is 0 Å². The normalized spacial score (nSPS) is 12.3. The standard InChI is InChI=1S/C17H16BrN3OS2/c1-10(17(22)21(2)3)23-16-15-13(19-9-20-16)8-14(24-15)11-4-6-12(18)7-5-11/h4-10H,1-3H3/t10-/m0/s1. The highest BCUT2D eigenvalue weighted by Crippen LogP contribution is 2.38. The fourth-order valence-electron chi connectivity index (χ4n) is 2.25. The maximum absolute atomic E-state index is 12.1. The van der Waals surface area contributed by atoms with Gasteiger partial charge in [0.1, 0.15) is 11.4 Å². The number of thiophene rings is 1. The Morgan fingerprint density at radius 2 is 1.96 bits per heavy atom. The van der Waals surface area contributed by atoms with Gasteiger partial charge in [-0.15, -0.1) is 11.3 Å². The van der Waals surface area contributed by atoms with Crippen LogP contribution in [-0.4, -0.2) is 40.1 Å². The number of carbonyl (C=O) groups is 1. The van der Waals surface area contributed by atoms with E-state index in [0.29, 0.717) is 0 Å². The molecule has 0 saturated heterocycles. The van der Waals surface area contributed by atoms with E-state index in [-0.39, 0.29) is 11.2 Å². The van der Waals surface area contributed by atoms with E-state index in [1.54, 1.807) is 36.7 Å². The molecule has 0 bridgehead atoms. The van der Waals surface area contributed by atoms with Crippen molar-refractivity contribution in [2.75, 3.05) is 14.1 Å². The average Bonchev–Trinajstić information content (AvgIpc) is 2.99. The number of nitrogens with zero attached hydrogens (tertiary/aromatic N) is 3. The lowest BCUT2D eigenvalue weighted by Crippen LogP contribution is -2.29. The van der Waals surface area contributed by atoms with Crippen molar-refractivity contribution in [3.05, 3.63) is 41.1 Å². The summed E-state index contributed by atoms with van der Waals surface area (Å²) in [5.74, 6) is 0.0800. The predicted octanol–water partition coefficient (Wildman–Crippen LogP) is 4.69. The smallest absolute Gasteiger partial charge is 0.235 e. The van der Waals surface area contributed by atoms with Gasteiger partial charge in [-0.2, -0.15) is 0 Å². The Labute approximate surface area is 157 Å². The van der Waals surface area contributed by atoms with Gasteiger partial charge in [-0.25, -0.2) is 9.97 Å². The molecule has 4 nitrogen and oxygen atoms in total. The van der Waals surface area contributed by atoms with Crippen molar-refractivity contribution in [1.29, 1.82) is 0 Å².